The van der Waals surface area contributed by atoms with Crippen molar-refractivity contribution in [2.75, 3.05) is 0 Å². The van der Waals surface area contributed by atoms with Crippen LogP contribution in [-0.2, 0) is 13.1 Å². The quantitative estimate of drug-likeness (QED) is 0.939. The molecule has 0 amide bonds. The molecule has 0 aliphatic rings. The first-order valence-electron chi connectivity index (χ1n) is 6.10. The molecule has 2 aromatic rings. The lowest BCUT2D eigenvalue weighted by Crippen LogP contribution is -2.13. The van der Waals surface area contributed by atoms with Gasteiger partial charge in [0.1, 0.15) is 11.6 Å². The molecule has 0 radical (unpaired) electrons. The lowest BCUT2D eigenvalue weighted by molar-refractivity contribution is 0.510. The Bertz CT molecular complexity index is 580. The Morgan fingerprint density at radius 3 is 2.68 bits per heavy atom. The number of benzene rings is 1. The SMILES string of the molecule is CC(C)Cn1c(CN)nnc1-c1ccc(F)cc1Br. The maximum atomic E-state index is 13.2. The summed E-state index contributed by atoms with van der Waals surface area (Å²) in [6, 6.07) is 4.53. The third kappa shape index (κ3) is 3.01. The van der Waals surface area contributed by atoms with E-state index in [1.807, 2.05) is 4.57 Å². The van der Waals surface area contributed by atoms with E-state index in [1.54, 1.807) is 6.07 Å². The van der Waals surface area contributed by atoms with Gasteiger partial charge in [0, 0.05) is 16.6 Å². The smallest absolute Gasteiger partial charge is 0.165 e. The molecule has 0 unspecified atom stereocenters. The van der Waals surface area contributed by atoms with Gasteiger partial charge < -0.3 is 10.3 Å². The first-order valence-corrected chi connectivity index (χ1v) is 6.89. The molecule has 0 fully saturated rings. The maximum absolute atomic E-state index is 13.2. The van der Waals surface area contributed by atoms with Crippen LogP contribution in [0.25, 0.3) is 11.4 Å². The zero-order valence-corrected chi connectivity index (χ0v) is 12.5. The molecule has 1 heterocycles. The summed E-state index contributed by atoms with van der Waals surface area (Å²) in [4.78, 5) is 0. The van der Waals surface area contributed by atoms with Crippen LogP contribution in [0.2, 0.25) is 0 Å². The van der Waals surface area contributed by atoms with Crippen LogP contribution in [0.5, 0.6) is 0 Å². The van der Waals surface area contributed by atoms with Gasteiger partial charge >= 0.3 is 0 Å². The summed E-state index contributed by atoms with van der Waals surface area (Å²) in [6.07, 6.45) is 0. The highest BCUT2D eigenvalue weighted by atomic mass is 79.9. The van der Waals surface area contributed by atoms with Gasteiger partial charge in [-0.25, -0.2) is 4.39 Å². The molecule has 2 rings (SSSR count). The van der Waals surface area contributed by atoms with Crippen molar-refractivity contribution < 1.29 is 4.39 Å². The number of nitrogens with two attached hydrogens (primary N) is 1. The number of hydrogen-bond acceptors (Lipinski definition) is 3. The summed E-state index contributed by atoms with van der Waals surface area (Å²) >= 11 is 3.36. The minimum absolute atomic E-state index is 0.287. The van der Waals surface area contributed by atoms with Crippen LogP contribution in [0, 0.1) is 11.7 Å². The van der Waals surface area contributed by atoms with E-state index < -0.39 is 0 Å². The van der Waals surface area contributed by atoms with Crippen molar-refractivity contribution in [2.24, 2.45) is 11.7 Å². The zero-order chi connectivity index (χ0) is 14.0. The summed E-state index contributed by atoms with van der Waals surface area (Å²) in [6.45, 7) is 5.34. The lowest BCUT2D eigenvalue weighted by atomic mass is 10.2. The normalized spacial score (nSPS) is 11.3. The van der Waals surface area contributed by atoms with Gasteiger partial charge in [-0.15, -0.1) is 10.2 Å². The van der Waals surface area contributed by atoms with Crippen molar-refractivity contribution in [3.05, 3.63) is 34.3 Å². The molecule has 6 heteroatoms. The van der Waals surface area contributed by atoms with Crippen LogP contribution >= 0.6 is 15.9 Å². The molecule has 0 atom stereocenters. The third-order valence-corrected chi connectivity index (χ3v) is 3.39. The van der Waals surface area contributed by atoms with Crippen molar-refractivity contribution in [2.45, 2.75) is 26.9 Å². The largest absolute Gasteiger partial charge is 0.324 e. The van der Waals surface area contributed by atoms with E-state index in [4.69, 9.17) is 5.73 Å². The summed E-state index contributed by atoms with van der Waals surface area (Å²) < 4.78 is 15.8. The van der Waals surface area contributed by atoms with Gasteiger partial charge in [0.2, 0.25) is 0 Å². The summed E-state index contributed by atoms with van der Waals surface area (Å²) in [5, 5.41) is 8.28. The number of aromatic nitrogens is 3. The van der Waals surface area contributed by atoms with Crippen LogP contribution in [-0.4, -0.2) is 14.8 Å². The van der Waals surface area contributed by atoms with Gasteiger partial charge in [-0.2, -0.15) is 0 Å². The topological polar surface area (TPSA) is 56.7 Å². The predicted molar refractivity (Wildman–Crippen MR) is 75.8 cm³/mol. The molecule has 19 heavy (non-hydrogen) atoms. The standard InChI is InChI=1S/C13H16BrFN4/c1-8(2)7-19-12(6-16)17-18-13(19)10-4-3-9(15)5-11(10)14/h3-5,8H,6-7,16H2,1-2H3. The minimum atomic E-state index is -0.287. The van der Waals surface area contributed by atoms with Crippen molar-refractivity contribution in [3.63, 3.8) is 0 Å². The fraction of sp³-hybridized carbons (Fsp3) is 0.385. The number of rotatable bonds is 4. The molecule has 0 aliphatic carbocycles. The van der Waals surface area contributed by atoms with E-state index >= 15 is 0 Å². The Morgan fingerprint density at radius 2 is 2.11 bits per heavy atom. The highest BCUT2D eigenvalue weighted by molar-refractivity contribution is 9.10. The van der Waals surface area contributed by atoms with Gasteiger partial charge in [-0.3, -0.25) is 0 Å². The second-order valence-corrected chi connectivity index (χ2v) is 5.63. The Hall–Kier alpha value is -1.27. The average Bonchev–Trinajstić information content (AvgIpc) is 2.71. The highest BCUT2D eigenvalue weighted by Gasteiger charge is 2.16. The van der Waals surface area contributed by atoms with Gasteiger partial charge in [0.25, 0.3) is 0 Å². The molecular weight excluding hydrogens is 311 g/mol. The van der Waals surface area contributed by atoms with E-state index in [0.717, 1.165) is 17.9 Å². The molecule has 0 aliphatic heterocycles. The Balaban J connectivity index is 2.52. The monoisotopic (exact) mass is 326 g/mol. The van der Waals surface area contributed by atoms with Crippen molar-refractivity contribution in [3.8, 4) is 11.4 Å². The van der Waals surface area contributed by atoms with Crippen molar-refractivity contribution in [1.29, 1.82) is 0 Å². The maximum Gasteiger partial charge on any atom is 0.165 e. The number of hydrogen-bond donors (Lipinski definition) is 1. The number of nitrogens with zero attached hydrogens (tertiary/aromatic N) is 3. The zero-order valence-electron chi connectivity index (χ0n) is 10.9. The predicted octanol–water partition coefficient (Wildman–Crippen LogP) is 2.96. The first-order chi connectivity index (χ1) is 9.02. The lowest BCUT2D eigenvalue weighted by Gasteiger charge is -2.12. The Morgan fingerprint density at radius 1 is 1.37 bits per heavy atom. The molecule has 1 aromatic carbocycles. The van der Waals surface area contributed by atoms with Crippen molar-refractivity contribution in [1.82, 2.24) is 14.8 Å². The van der Waals surface area contributed by atoms with Crippen LogP contribution in [0.3, 0.4) is 0 Å². The highest BCUT2D eigenvalue weighted by Crippen LogP contribution is 2.28. The fourth-order valence-electron chi connectivity index (χ4n) is 1.91. The van der Waals surface area contributed by atoms with Gasteiger partial charge in [-0.1, -0.05) is 13.8 Å². The van der Waals surface area contributed by atoms with Crippen LogP contribution in [0.4, 0.5) is 4.39 Å². The van der Waals surface area contributed by atoms with E-state index in [1.165, 1.54) is 12.1 Å². The first kappa shape index (κ1) is 14.1. The van der Waals surface area contributed by atoms with Gasteiger partial charge in [-0.05, 0) is 40.0 Å². The summed E-state index contributed by atoms with van der Waals surface area (Å²) in [5.41, 5.74) is 6.50. The molecule has 0 spiro atoms. The molecule has 1 aromatic heterocycles. The third-order valence-electron chi connectivity index (χ3n) is 2.73. The minimum Gasteiger partial charge on any atom is -0.324 e. The Kier molecular flexibility index (Phi) is 4.31. The number of halogens is 2. The Labute approximate surface area is 120 Å². The van der Waals surface area contributed by atoms with Crippen LogP contribution < -0.4 is 5.73 Å². The van der Waals surface area contributed by atoms with Crippen LogP contribution in [0.1, 0.15) is 19.7 Å². The molecule has 0 saturated carbocycles. The summed E-state index contributed by atoms with van der Waals surface area (Å²) in [5.74, 6) is 1.60. The molecule has 0 saturated heterocycles. The van der Waals surface area contributed by atoms with E-state index in [9.17, 15) is 4.39 Å². The summed E-state index contributed by atoms with van der Waals surface area (Å²) in [7, 11) is 0. The van der Waals surface area contributed by atoms with E-state index in [-0.39, 0.29) is 5.82 Å². The van der Waals surface area contributed by atoms with Crippen molar-refractivity contribution >= 4 is 15.9 Å². The van der Waals surface area contributed by atoms with E-state index in [0.29, 0.717) is 22.8 Å². The molecule has 2 N–H and O–H groups in total. The van der Waals surface area contributed by atoms with Gasteiger partial charge in [0.05, 0.1) is 6.54 Å². The average molecular weight is 327 g/mol. The molecular formula is C13H16BrFN4. The molecule has 0 bridgehead atoms. The van der Waals surface area contributed by atoms with Crippen LogP contribution in [0.15, 0.2) is 22.7 Å². The molecule has 4 nitrogen and oxygen atoms in total. The second kappa shape index (κ2) is 5.79. The fourth-order valence-corrected chi connectivity index (χ4v) is 2.44. The molecule has 102 valence electrons. The van der Waals surface area contributed by atoms with Gasteiger partial charge in [0.15, 0.2) is 5.82 Å². The van der Waals surface area contributed by atoms with E-state index in [2.05, 4.69) is 40.0 Å². The second-order valence-electron chi connectivity index (χ2n) is 4.77.